The first-order chi connectivity index (χ1) is 16.0. The molecule has 6 nitrogen and oxygen atoms in total. The normalized spacial score (nSPS) is 18.8. The number of fused-ring (bicyclic) bond motifs is 2. The molecule has 3 aromatic rings. The number of carbonyl (C=O) groups is 2. The highest BCUT2D eigenvalue weighted by Gasteiger charge is 2.51. The molecular formula is C26H22ClNO5. The predicted molar refractivity (Wildman–Crippen MR) is 124 cm³/mol. The van der Waals surface area contributed by atoms with Gasteiger partial charge < -0.3 is 19.5 Å². The number of halogens is 1. The Morgan fingerprint density at radius 1 is 1.00 bits per heavy atom. The van der Waals surface area contributed by atoms with Gasteiger partial charge in [0.15, 0.2) is 22.9 Å². The van der Waals surface area contributed by atoms with Gasteiger partial charge in [0.25, 0.3) is 5.91 Å². The van der Waals surface area contributed by atoms with E-state index in [1.54, 1.807) is 36.4 Å². The number of ether oxygens (including phenoxy) is 2. The molecule has 33 heavy (non-hydrogen) atoms. The second kappa shape index (κ2) is 8.54. The summed E-state index contributed by atoms with van der Waals surface area (Å²) < 4.78 is 11.1. The van der Waals surface area contributed by atoms with Gasteiger partial charge in [-0.15, -0.1) is 0 Å². The summed E-state index contributed by atoms with van der Waals surface area (Å²) in [5.74, 6) is 0.141. The van der Waals surface area contributed by atoms with Crippen molar-refractivity contribution in [2.24, 2.45) is 0 Å². The van der Waals surface area contributed by atoms with E-state index >= 15 is 0 Å². The molecule has 2 aliphatic rings. The standard InChI is InChI=1S/C26H22ClNO5/c27-19-7-8-21-20(15-19)26(31,25(30)28(21)11-10-17-4-2-1-3-5-17)16-22(29)18-6-9-23-24(14-18)33-13-12-32-23/h1-9,14-15,31H,10-13,16H2/t26-/m0/s1. The van der Waals surface area contributed by atoms with Crippen LogP contribution >= 0.6 is 11.6 Å². The fraction of sp³-hybridized carbons (Fsp3) is 0.231. The van der Waals surface area contributed by atoms with Crippen molar-refractivity contribution in [1.82, 2.24) is 0 Å². The highest BCUT2D eigenvalue weighted by Crippen LogP contribution is 2.44. The van der Waals surface area contributed by atoms with Gasteiger partial charge in [0.2, 0.25) is 0 Å². The van der Waals surface area contributed by atoms with Crippen LogP contribution in [0.3, 0.4) is 0 Å². The van der Waals surface area contributed by atoms with Crippen molar-refractivity contribution < 1.29 is 24.2 Å². The maximum atomic E-state index is 13.5. The summed E-state index contributed by atoms with van der Waals surface area (Å²) >= 11 is 6.20. The topological polar surface area (TPSA) is 76.1 Å². The first-order valence-corrected chi connectivity index (χ1v) is 11.1. The fourth-order valence-corrected chi connectivity index (χ4v) is 4.52. The first-order valence-electron chi connectivity index (χ1n) is 10.8. The maximum Gasteiger partial charge on any atom is 0.264 e. The molecule has 0 aliphatic carbocycles. The monoisotopic (exact) mass is 463 g/mol. The second-order valence-electron chi connectivity index (χ2n) is 8.17. The predicted octanol–water partition coefficient (Wildman–Crippen LogP) is 4.16. The van der Waals surface area contributed by atoms with E-state index in [9.17, 15) is 14.7 Å². The third kappa shape index (κ3) is 3.96. The average Bonchev–Trinajstić information content (AvgIpc) is 3.04. The quantitative estimate of drug-likeness (QED) is 0.555. The maximum absolute atomic E-state index is 13.5. The summed E-state index contributed by atoms with van der Waals surface area (Å²) in [4.78, 5) is 28.1. The van der Waals surface area contributed by atoms with Crippen molar-refractivity contribution in [3.63, 3.8) is 0 Å². The Hall–Kier alpha value is -3.35. The minimum atomic E-state index is -2.00. The molecule has 1 amide bonds. The van der Waals surface area contributed by atoms with Gasteiger partial charge in [0, 0.05) is 22.7 Å². The molecule has 0 radical (unpaired) electrons. The number of ketones is 1. The zero-order chi connectivity index (χ0) is 23.0. The van der Waals surface area contributed by atoms with Crippen molar-refractivity contribution in [2.45, 2.75) is 18.4 Å². The van der Waals surface area contributed by atoms with E-state index in [1.807, 2.05) is 30.3 Å². The minimum Gasteiger partial charge on any atom is -0.486 e. The molecule has 5 rings (SSSR count). The minimum absolute atomic E-state index is 0.340. The number of hydrogen-bond donors (Lipinski definition) is 1. The van der Waals surface area contributed by atoms with Gasteiger partial charge in [0.05, 0.1) is 12.1 Å². The third-order valence-corrected chi connectivity index (χ3v) is 6.28. The van der Waals surface area contributed by atoms with Gasteiger partial charge in [-0.25, -0.2) is 0 Å². The number of carbonyl (C=O) groups excluding carboxylic acids is 2. The second-order valence-corrected chi connectivity index (χ2v) is 8.61. The lowest BCUT2D eigenvalue weighted by Crippen LogP contribution is -2.42. The van der Waals surface area contributed by atoms with E-state index in [1.165, 1.54) is 4.90 Å². The van der Waals surface area contributed by atoms with Crippen molar-refractivity contribution in [1.29, 1.82) is 0 Å². The number of Topliss-reactive ketones (excluding diaryl/α,β-unsaturated/α-hetero) is 1. The van der Waals surface area contributed by atoms with Gasteiger partial charge in [-0.3, -0.25) is 9.59 Å². The summed E-state index contributed by atoms with van der Waals surface area (Å²) in [6, 6.07) is 19.6. The Labute approximate surface area is 196 Å². The lowest BCUT2D eigenvalue weighted by Gasteiger charge is -2.23. The molecule has 1 N–H and O–H groups in total. The highest BCUT2D eigenvalue weighted by atomic mass is 35.5. The number of hydrogen-bond acceptors (Lipinski definition) is 5. The molecule has 1 atom stereocenters. The summed E-state index contributed by atoms with van der Waals surface area (Å²) in [6.45, 7) is 1.22. The van der Waals surface area contributed by atoms with Crippen molar-refractivity contribution in [3.05, 3.63) is 88.4 Å². The number of rotatable bonds is 6. The van der Waals surface area contributed by atoms with Gasteiger partial charge in [-0.05, 0) is 48.4 Å². The lowest BCUT2D eigenvalue weighted by molar-refractivity contribution is -0.135. The van der Waals surface area contributed by atoms with Gasteiger partial charge in [-0.2, -0.15) is 0 Å². The average molecular weight is 464 g/mol. The molecule has 0 saturated carbocycles. The Morgan fingerprint density at radius 3 is 2.55 bits per heavy atom. The molecule has 168 valence electrons. The van der Waals surface area contributed by atoms with Crippen LogP contribution in [0.5, 0.6) is 11.5 Å². The van der Waals surface area contributed by atoms with Crippen LogP contribution in [0.25, 0.3) is 0 Å². The molecular weight excluding hydrogens is 442 g/mol. The fourth-order valence-electron chi connectivity index (χ4n) is 4.35. The largest absolute Gasteiger partial charge is 0.486 e. The van der Waals surface area contributed by atoms with Crippen molar-refractivity contribution >= 4 is 29.0 Å². The van der Waals surface area contributed by atoms with Gasteiger partial charge in [-0.1, -0.05) is 41.9 Å². The number of benzene rings is 3. The van der Waals surface area contributed by atoms with Crippen LogP contribution in [0.2, 0.25) is 5.02 Å². The SMILES string of the molecule is O=C(C[C@@]1(O)C(=O)N(CCc2ccccc2)c2ccc(Cl)cc21)c1ccc2c(c1)OCCO2. The number of aliphatic hydroxyl groups is 1. The van der Waals surface area contributed by atoms with Crippen LogP contribution in [0, 0.1) is 0 Å². The van der Waals surface area contributed by atoms with Crippen LogP contribution in [-0.4, -0.2) is 36.6 Å². The summed E-state index contributed by atoms with van der Waals surface area (Å²) in [7, 11) is 0. The van der Waals surface area contributed by atoms with Crippen molar-refractivity contribution in [2.75, 3.05) is 24.7 Å². The van der Waals surface area contributed by atoms with E-state index in [0.29, 0.717) is 59.5 Å². The van der Waals surface area contributed by atoms with Crippen LogP contribution in [0.4, 0.5) is 5.69 Å². The molecule has 7 heteroatoms. The van der Waals surface area contributed by atoms with E-state index in [0.717, 1.165) is 5.56 Å². The number of nitrogens with zero attached hydrogens (tertiary/aromatic N) is 1. The Morgan fingerprint density at radius 2 is 1.76 bits per heavy atom. The van der Waals surface area contributed by atoms with Gasteiger partial charge in [0.1, 0.15) is 13.2 Å². The Kier molecular flexibility index (Phi) is 5.56. The van der Waals surface area contributed by atoms with E-state index in [-0.39, 0.29) is 5.78 Å². The molecule has 0 unspecified atom stereocenters. The van der Waals surface area contributed by atoms with Crippen LogP contribution in [0.1, 0.15) is 27.9 Å². The van der Waals surface area contributed by atoms with Crippen molar-refractivity contribution in [3.8, 4) is 11.5 Å². The van der Waals surface area contributed by atoms with Crippen LogP contribution in [0.15, 0.2) is 66.7 Å². The Balaban J connectivity index is 1.43. The van der Waals surface area contributed by atoms with Gasteiger partial charge >= 0.3 is 0 Å². The molecule has 3 aromatic carbocycles. The summed E-state index contributed by atoms with van der Waals surface area (Å²) in [5, 5.41) is 11.9. The summed E-state index contributed by atoms with van der Waals surface area (Å²) in [6.07, 6.45) is 0.210. The number of anilines is 1. The lowest BCUT2D eigenvalue weighted by atomic mass is 9.88. The first kappa shape index (κ1) is 21.5. The summed E-state index contributed by atoms with van der Waals surface area (Å²) in [5.41, 5.74) is 0.327. The Bertz CT molecular complexity index is 1230. The van der Waals surface area contributed by atoms with Crippen LogP contribution in [-0.2, 0) is 16.8 Å². The zero-order valence-electron chi connectivity index (χ0n) is 17.8. The molecule has 2 aliphatic heterocycles. The van der Waals surface area contributed by atoms with E-state index < -0.39 is 17.9 Å². The molecule has 0 spiro atoms. The third-order valence-electron chi connectivity index (χ3n) is 6.04. The highest BCUT2D eigenvalue weighted by molar-refractivity contribution is 6.31. The zero-order valence-corrected chi connectivity index (χ0v) is 18.5. The molecule has 0 bridgehead atoms. The molecule has 0 aromatic heterocycles. The van der Waals surface area contributed by atoms with E-state index in [2.05, 4.69) is 0 Å². The van der Waals surface area contributed by atoms with E-state index in [4.69, 9.17) is 21.1 Å². The number of amides is 1. The molecule has 0 saturated heterocycles. The smallest absolute Gasteiger partial charge is 0.264 e. The molecule has 2 heterocycles. The van der Waals surface area contributed by atoms with Crippen LogP contribution < -0.4 is 14.4 Å². The molecule has 0 fully saturated rings.